The summed E-state index contributed by atoms with van der Waals surface area (Å²) in [6.07, 6.45) is 0. The third-order valence-corrected chi connectivity index (χ3v) is 3.91. The van der Waals surface area contributed by atoms with Crippen LogP contribution in [0.3, 0.4) is 0 Å². The van der Waals surface area contributed by atoms with Crippen LogP contribution >= 0.6 is 0 Å². The molecule has 0 saturated carbocycles. The van der Waals surface area contributed by atoms with E-state index in [-0.39, 0.29) is 11.5 Å². The highest BCUT2D eigenvalue weighted by Crippen LogP contribution is 2.40. The van der Waals surface area contributed by atoms with Crippen molar-refractivity contribution in [1.29, 1.82) is 0 Å². The number of Topliss-reactive ketones (excluding diaryl/α,β-unsaturated/α-hetero) is 1. The van der Waals surface area contributed by atoms with Crippen LogP contribution in [0.25, 0.3) is 22.3 Å². The molecular weight excluding hydrogens is 339 g/mol. The Bertz CT molecular complexity index is 979. The summed E-state index contributed by atoms with van der Waals surface area (Å²) in [5.74, 6) is 0.880. The Morgan fingerprint density at radius 1 is 0.962 bits per heavy atom. The third-order valence-electron chi connectivity index (χ3n) is 3.91. The second-order valence-electron chi connectivity index (χ2n) is 5.53. The number of methoxy groups -OCH3 is 3. The minimum absolute atomic E-state index is 0.151. The van der Waals surface area contributed by atoms with E-state index in [1.807, 2.05) is 0 Å². The molecule has 0 bridgehead atoms. The minimum atomic E-state index is -0.455. The summed E-state index contributed by atoms with van der Waals surface area (Å²) in [4.78, 5) is 20.8. The van der Waals surface area contributed by atoms with E-state index in [0.29, 0.717) is 39.5 Å². The summed E-state index contributed by atoms with van der Waals surface area (Å²) < 4.78 is 29.6. The van der Waals surface area contributed by atoms with Crippen molar-refractivity contribution in [3.8, 4) is 28.6 Å². The standard InChI is InChI=1S/C19H17FN2O4/c1-10(23)17-13-9-12(20)5-6-14(13)21-19(22-17)11-7-15(24-2)18(26-4)16(8-11)25-3/h5-9H,1-4H3. The molecule has 7 heteroatoms. The zero-order valence-electron chi connectivity index (χ0n) is 14.8. The van der Waals surface area contributed by atoms with Gasteiger partial charge in [0.25, 0.3) is 0 Å². The van der Waals surface area contributed by atoms with Crippen LogP contribution in [0.1, 0.15) is 17.4 Å². The molecule has 6 nitrogen and oxygen atoms in total. The van der Waals surface area contributed by atoms with Crippen molar-refractivity contribution >= 4 is 16.7 Å². The molecule has 26 heavy (non-hydrogen) atoms. The molecular formula is C19H17FN2O4. The topological polar surface area (TPSA) is 70.5 Å². The van der Waals surface area contributed by atoms with Gasteiger partial charge < -0.3 is 14.2 Å². The molecule has 3 rings (SSSR count). The summed E-state index contributed by atoms with van der Waals surface area (Å²) in [7, 11) is 4.52. The van der Waals surface area contributed by atoms with Crippen LogP contribution in [0.4, 0.5) is 4.39 Å². The van der Waals surface area contributed by atoms with Gasteiger partial charge in [0, 0.05) is 17.9 Å². The average Bonchev–Trinajstić information content (AvgIpc) is 2.65. The molecule has 0 fully saturated rings. The fourth-order valence-corrected chi connectivity index (χ4v) is 2.71. The predicted octanol–water partition coefficient (Wildman–Crippen LogP) is 3.66. The fraction of sp³-hybridized carbons (Fsp3) is 0.211. The van der Waals surface area contributed by atoms with Crippen LogP contribution in [-0.2, 0) is 0 Å². The molecule has 0 aliphatic carbocycles. The van der Waals surface area contributed by atoms with Crippen molar-refractivity contribution < 1.29 is 23.4 Å². The lowest BCUT2D eigenvalue weighted by Gasteiger charge is -2.14. The number of benzene rings is 2. The normalized spacial score (nSPS) is 10.7. The van der Waals surface area contributed by atoms with Crippen molar-refractivity contribution in [3.05, 3.63) is 41.8 Å². The maximum atomic E-state index is 13.6. The van der Waals surface area contributed by atoms with Gasteiger partial charge in [-0.1, -0.05) is 0 Å². The first-order chi connectivity index (χ1) is 12.5. The zero-order chi connectivity index (χ0) is 18.8. The Kier molecular flexibility index (Phi) is 4.71. The van der Waals surface area contributed by atoms with Crippen molar-refractivity contribution in [2.45, 2.75) is 6.92 Å². The highest BCUT2D eigenvalue weighted by molar-refractivity contribution is 6.04. The summed E-state index contributed by atoms with van der Waals surface area (Å²) in [6, 6.07) is 7.44. The molecule has 0 aliphatic rings. The highest BCUT2D eigenvalue weighted by Gasteiger charge is 2.18. The number of ketones is 1. The maximum Gasteiger partial charge on any atom is 0.203 e. The lowest BCUT2D eigenvalue weighted by Crippen LogP contribution is -2.03. The number of hydrogen-bond donors (Lipinski definition) is 0. The third kappa shape index (κ3) is 3.03. The average molecular weight is 356 g/mol. The summed E-state index contributed by atoms with van der Waals surface area (Å²) in [5, 5.41) is 0.369. The molecule has 2 aromatic carbocycles. The molecule has 0 N–H and O–H groups in total. The van der Waals surface area contributed by atoms with Gasteiger partial charge in [0.1, 0.15) is 11.5 Å². The molecule has 0 radical (unpaired) electrons. The van der Waals surface area contributed by atoms with Crippen LogP contribution in [0.15, 0.2) is 30.3 Å². The Labute approximate surface area is 149 Å². The number of hydrogen-bond acceptors (Lipinski definition) is 6. The van der Waals surface area contributed by atoms with E-state index in [0.717, 1.165) is 0 Å². The van der Waals surface area contributed by atoms with Crippen LogP contribution in [0, 0.1) is 5.82 Å². The molecule has 0 spiro atoms. The van der Waals surface area contributed by atoms with E-state index in [2.05, 4.69) is 9.97 Å². The number of carbonyl (C=O) groups excluding carboxylic acids is 1. The molecule has 0 unspecified atom stereocenters. The number of fused-ring (bicyclic) bond motifs is 1. The molecule has 1 aromatic heterocycles. The van der Waals surface area contributed by atoms with E-state index in [4.69, 9.17) is 14.2 Å². The van der Waals surface area contributed by atoms with Gasteiger partial charge >= 0.3 is 0 Å². The number of rotatable bonds is 5. The van der Waals surface area contributed by atoms with Gasteiger partial charge in [0.15, 0.2) is 23.1 Å². The van der Waals surface area contributed by atoms with Crippen LogP contribution < -0.4 is 14.2 Å². The van der Waals surface area contributed by atoms with Gasteiger partial charge in [0.05, 0.1) is 26.8 Å². The van der Waals surface area contributed by atoms with Crippen molar-refractivity contribution in [1.82, 2.24) is 9.97 Å². The van der Waals surface area contributed by atoms with Gasteiger partial charge in [-0.15, -0.1) is 0 Å². The van der Waals surface area contributed by atoms with Gasteiger partial charge in [-0.05, 0) is 30.3 Å². The SMILES string of the molecule is COc1cc(-c2nc(C(C)=O)c3cc(F)ccc3n2)cc(OC)c1OC. The second-order valence-corrected chi connectivity index (χ2v) is 5.53. The zero-order valence-corrected chi connectivity index (χ0v) is 14.8. The quantitative estimate of drug-likeness (QED) is 0.650. The highest BCUT2D eigenvalue weighted by atomic mass is 19.1. The van der Waals surface area contributed by atoms with E-state index >= 15 is 0 Å². The van der Waals surface area contributed by atoms with Gasteiger partial charge in [-0.25, -0.2) is 14.4 Å². The maximum absolute atomic E-state index is 13.6. The number of halogens is 1. The smallest absolute Gasteiger partial charge is 0.203 e. The number of carbonyl (C=O) groups is 1. The van der Waals surface area contributed by atoms with Crippen molar-refractivity contribution in [3.63, 3.8) is 0 Å². The number of aromatic nitrogens is 2. The van der Waals surface area contributed by atoms with Crippen LogP contribution in [0.2, 0.25) is 0 Å². The Balaban J connectivity index is 2.29. The van der Waals surface area contributed by atoms with Gasteiger partial charge in [-0.2, -0.15) is 0 Å². The summed E-state index contributed by atoms with van der Waals surface area (Å²) in [6.45, 7) is 1.38. The van der Waals surface area contributed by atoms with Crippen molar-refractivity contribution in [2.75, 3.05) is 21.3 Å². The first-order valence-electron chi connectivity index (χ1n) is 7.77. The predicted molar refractivity (Wildman–Crippen MR) is 94.6 cm³/mol. The minimum Gasteiger partial charge on any atom is -0.493 e. The summed E-state index contributed by atoms with van der Waals surface area (Å²) in [5.41, 5.74) is 1.20. The van der Waals surface area contributed by atoms with Crippen LogP contribution in [-0.4, -0.2) is 37.1 Å². The Morgan fingerprint density at radius 2 is 1.62 bits per heavy atom. The first kappa shape index (κ1) is 17.6. The molecule has 0 aliphatic heterocycles. The Morgan fingerprint density at radius 3 is 2.15 bits per heavy atom. The fourth-order valence-electron chi connectivity index (χ4n) is 2.71. The molecule has 0 amide bonds. The largest absolute Gasteiger partial charge is 0.493 e. The molecule has 1 heterocycles. The summed E-state index contributed by atoms with van der Waals surface area (Å²) >= 11 is 0. The lowest BCUT2D eigenvalue weighted by molar-refractivity contribution is 0.101. The Hall–Kier alpha value is -3.22. The van der Waals surface area contributed by atoms with E-state index in [9.17, 15) is 9.18 Å². The molecule has 0 saturated heterocycles. The first-order valence-corrected chi connectivity index (χ1v) is 7.77. The van der Waals surface area contributed by atoms with Crippen LogP contribution in [0.5, 0.6) is 17.2 Å². The van der Waals surface area contributed by atoms with Crippen molar-refractivity contribution in [2.24, 2.45) is 0 Å². The molecule has 134 valence electrons. The molecule has 0 atom stereocenters. The van der Waals surface area contributed by atoms with Gasteiger partial charge in [0.2, 0.25) is 5.75 Å². The number of ether oxygens (including phenoxy) is 3. The molecule has 3 aromatic rings. The monoisotopic (exact) mass is 356 g/mol. The lowest BCUT2D eigenvalue weighted by atomic mass is 10.1. The van der Waals surface area contributed by atoms with E-state index in [1.54, 1.807) is 12.1 Å². The van der Waals surface area contributed by atoms with E-state index in [1.165, 1.54) is 46.5 Å². The second kappa shape index (κ2) is 6.95. The van der Waals surface area contributed by atoms with E-state index < -0.39 is 5.82 Å². The number of nitrogens with zero attached hydrogens (tertiary/aromatic N) is 2. The van der Waals surface area contributed by atoms with Gasteiger partial charge in [-0.3, -0.25) is 4.79 Å².